The summed E-state index contributed by atoms with van der Waals surface area (Å²) in [5, 5.41) is 8.46. The van der Waals surface area contributed by atoms with Crippen LogP contribution in [0.3, 0.4) is 0 Å². The maximum absolute atomic E-state index is 11.8. The third-order valence-electron chi connectivity index (χ3n) is 3.06. The van der Waals surface area contributed by atoms with Gasteiger partial charge < -0.3 is 0 Å². The zero-order valence-electron chi connectivity index (χ0n) is 10.3. The number of nitrogens with zero attached hydrogens (tertiary/aromatic N) is 3. The van der Waals surface area contributed by atoms with Crippen molar-refractivity contribution in [2.24, 2.45) is 7.05 Å². The maximum atomic E-state index is 11.8. The Morgan fingerprint density at radius 1 is 1.47 bits per heavy atom. The molecular formula is C12H19N3OS. The van der Waals surface area contributed by atoms with Crippen molar-refractivity contribution in [2.45, 2.75) is 43.8 Å². The van der Waals surface area contributed by atoms with E-state index >= 15 is 0 Å². The van der Waals surface area contributed by atoms with Gasteiger partial charge in [0.05, 0.1) is 17.9 Å². The molecular weight excluding hydrogens is 234 g/mol. The molecule has 4 nitrogen and oxygen atoms in total. The highest BCUT2D eigenvalue weighted by molar-refractivity contribution is 8.00. The highest BCUT2D eigenvalue weighted by Gasteiger charge is 2.15. The van der Waals surface area contributed by atoms with E-state index in [1.54, 1.807) is 4.68 Å². The van der Waals surface area contributed by atoms with Crippen LogP contribution in [0.15, 0.2) is 6.20 Å². The van der Waals surface area contributed by atoms with Gasteiger partial charge >= 0.3 is 0 Å². The maximum Gasteiger partial charge on any atom is 0.148 e. The van der Waals surface area contributed by atoms with Crippen LogP contribution in [-0.4, -0.2) is 31.8 Å². The van der Waals surface area contributed by atoms with Crippen molar-refractivity contribution in [3.05, 3.63) is 11.9 Å². The van der Waals surface area contributed by atoms with Crippen LogP contribution in [0.5, 0.6) is 0 Å². The average molecular weight is 253 g/mol. The number of carbonyl (C=O) groups is 1. The van der Waals surface area contributed by atoms with Gasteiger partial charge in [0.2, 0.25) is 0 Å². The fourth-order valence-corrected chi connectivity index (χ4v) is 3.36. The van der Waals surface area contributed by atoms with E-state index in [-0.39, 0.29) is 5.78 Å². The molecule has 0 spiro atoms. The van der Waals surface area contributed by atoms with E-state index in [4.69, 9.17) is 0 Å². The molecule has 0 N–H and O–H groups in total. The Morgan fingerprint density at radius 3 is 2.88 bits per heavy atom. The first-order valence-corrected chi connectivity index (χ1v) is 7.27. The van der Waals surface area contributed by atoms with E-state index in [1.165, 1.54) is 32.1 Å². The summed E-state index contributed by atoms with van der Waals surface area (Å²) in [6, 6.07) is 0. The number of aromatic nitrogens is 3. The first-order valence-electron chi connectivity index (χ1n) is 6.22. The molecule has 17 heavy (non-hydrogen) atoms. The van der Waals surface area contributed by atoms with Gasteiger partial charge in [-0.2, -0.15) is 11.8 Å². The molecule has 1 aromatic rings. The van der Waals surface area contributed by atoms with Crippen molar-refractivity contribution in [1.29, 1.82) is 0 Å². The lowest BCUT2D eigenvalue weighted by Crippen LogP contribution is -2.13. The highest BCUT2D eigenvalue weighted by atomic mass is 32.2. The molecule has 1 saturated carbocycles. The van der Waals surface area contributed by atoms with Crippen molar-refractivity contribution in [3.8, 4) is 0 Å². The number of carbonyl (C=O) groups excluding carboxylic acids is 1. The van der Waals surface area contributed by atoms with Gasteiger partial charge in [-0.3, -0.25) is 9.48 Å². The normalized spacial score (nSPS) is 17.2. The zero-order valence-corrected chi connectivity index (χ0v) is 11.1. The molecule has 0 radical (unpaired) electrons. The van der Waals surface area contributed by atoms with Gasteiger partial charge in [-0.1, -0.05) is 24.5 Å². The van der Waals surface area contributed by atoms with Crippen molar-refractivity contribution >= 4 is 17.5 Å². The monoisotopic (exact) mass is 253 g/mol. The van der Waals surface area contributed by atoms with Crippen LogP contribution in [0.1, 0.15) is 37.8 Å². The standard InChI is InChI=1S/C12H19N3OS/c1-15-8-10(13-14-15)7-11(16)9-17-12-5-3-2-4-6-12/h8,12H,2-7,9H2,1H3. The van der Waals surface area contributed by atoms with E-state index in [2.05, 4.69) is 10.3 Å². The first kappa shape index (κ1) is 12.6. The van der Waals surface area contributed by atoms with Crippen LogP contribution >= 0.6 is 11.8 Å². The fourth-order valence-electron chi connectivity index (χ4n) is 2.17. The van der Waals surface area contributed by atoms with Crippen molar-refractivity contribution in [1.82, 2.24) is 15.0 Å². The number of rotatable bonds is 5. The molecule has 5 heteroatoms. The van der Waals surface area contributed by atoms with Gasteiger partial charge in [0.15, 0.2) is 0 Å². The molecule has 0 unspecified atom stereocenters. The van der Waals surface area contributed by atoms with Crippen LogP contribution in [0.25, 0.3) is 0 Å². The van der Waals surface area contributed by atoms with E-state index in [0.29, 0.717) is 17.4 Å². The number of Topliss-reactive ketones (excluding diaryl/α,β-unsaturated/α-hetero) is 1. The summed E-state index contributed by atoms with van der Waals surface area (Å²) >= 11 is 1.83. The summed E-state index contributed by atoms with van der Waals surface area (Å²) in [5.41, 5.74) is 0.779. The van der Waals surface area contributed by atoms with Crippen molar-refractivity contribution in [2.75, 3.05) is 5.75 Å². The lowest BCUT2D eigenvalue weighted by atomic mass is 10.0. The molecule has 94 valence electrons. The molecule has 0 aromatic carbocycles. The smallest absolute Gasteiger partial charge is 0.148 e. The molecule has 1 aromatic heterocycles. The second kappa shape index (κ2) is 6.19. The van der Waals surface area contributed by atoms with Gasteiger partial charge in [-0.05, 0) is 12.8 Å². The Labute approximate surface area is 106 Å². The van der Waals surface area contributed by atoms with Crippen LogP contribution in [0.2, 0.25) is 0 Å². The van der Waals surface area contributed by atoms with Gasteiger partial charge in [0.25, 0.3) is 0 Å². The molecule has 1 aliphatic rings. The lowest BCUT2D eigenvalue weighted by molar-refractivity contribution is -0.116. The van der Waals surface area contributed by atoms with Crippen LogP contribution in [0, 0.1) is 0 Å². The molecule has 2 rings (SSSR count). The Bertz CT molecular complexity index is 372. The Balaban J connectivity index is 1.70. The Kier molecular flexibility index (Phi) is 4.59. The number of hydrogen-bond acceptors (Lipinski definition) is 4. The number of aryl methyl sites for hydroxylation is 1. The summed E-state index contributed by atoms with van der Waals surface area (Å²) in [7, 11) is 1.82. The van der Waals surface area contributed by atoms with E-state index < -0.39 is 0 Å². The quantitative estimate of drug-likeness (QED) is 0.805. The molecule has 1 heterocycles. The van der Waals surface area contributed by atoms with E-state index in [1.807, 2.05) is 25.0 Å². The van der Waals surface area contributed by atoms with Crippen LogP contribution < -0.4 is 0 Å². The van der Waals surface area contributed by atoms with Gasteiger partial charge in [0.1, 0.15) is 5.78 Å². The molecule has 0 atom stereocenters. The highest BCUT2D eigenvalue weighted by Crippen LogP contribution is 2.28. The Morgan fingerprint density at radius 2 is 2.24 bits per heavy atom. The first-order chi connectivity index (χ1) is 8.24. The summed E-state index contributed by atoms with van der Waals surface area (Å²) in [4.78, 5) is 11.8. The summed E-state index contributed by atoms with van der Waals surface area (Å²) < 4.78 is 1.64. The Hall–Kier alpha value is -0.840. The van der Waals surface area contributed by atoms with Crippen molar-refractivity contribution in [3.63, 3.8) is 0 Å². The van der Waals surface area contributed by atoms with Gasteiger partial charge in [-0.15, -0.1) is 5.10 Å². The molecule has 1 fully saturated rings. The largest absolute Gasteiger partial charge is 0.298 e. The summed E-state index contributed by atoms with van der Waals surface area (Å²) in [6.07, 6.45) is 8.82. The van der Waals surface area contributed by atoms with Crippen molar-refractivity contribution < 1.29 is 4.79 Å². The number of hydrogen-bond donors (Lipinski definition) is 0. The summed E-state index contributed by atoms with van der Waals surface area (Å²) in [6.45, 7) is 0. The molecule has 1 aliphatic carbocycles. The second-order valence-electron chi connectivity index (χ2n) is 4.67. The average Bonchev–Trinajstić information content (AvgIpc) is 2.73. The minimum Gasteiger partial charge on any atom is -0.298 e. The minimum atomic E-state index is 0.265. The minimum absolute atomic E-state index is 0.265. The molecule has 0 aliphatic heterocycles. The van der Waals surface area contributed by atoms with E-state index in [9.17, 15) is 4.79 Å². The van der Waals surface area contributed by atoms with Crippen LogP contribution in [-0.2, 0) is 18.3 Å². The lowest BCUT2D eigenvalue weighted by Gasteiger charge is -2.20. The van der Waals surface area contributed by atoms with Gasteiger partial charge in [-0.25, -0.2) is 0 Å². The SMILES string of the molecule is Cn1cc(CC(=O)CSC2CCCCC2)nn1. The van der Waals surface area contributed by atoms with Crippen LogP contribution in [0.4, 0.5) is 0 Å². The fraction of sp³-hybridized carbons (Fsp3) is 0.750. The predicted molar refractivity (Wildman–Crippen MR) is 69.0 cm³/mol. The topological polar surface area (TPSA) is 47.8 Å². The second-order valence-corrected chi connectivity index (χ2v) is 5.96. The third kappa shape index (κ3) is 4.15. The van der Waals surface area contributed by atoms with E-state index in [0.717, 1.165) is 5.69 Å². The van der Waals surface area contributed by atoms with Gasteiger partial charge in [0, 0.05) is 18.5 Å². The third-order valence-corrected chi connectivity index (χ3v) is 4.49. The number of ketones is 1. The predicted octanol–water partition coefficient (Wildman–Crippen LogP) is 1.99. The molecule has 0 amide bonds. The molecule has 0 saturated heterocycles. The number of thioether (sulfide) groups is 1. The zero-order chi connectivity index (χ0) is 12.1. The summed E-state index contributed by atoms with van der Waals surface area (Å²) in [5.74, 6) is 0.891. The molecule has 0 bridgehead atoms.